The van der Waals surface area contributed by atoms with Crippen LogP contribution >= 0.6 is 0 Å². The highest BCUT2D eigenvalue weighted by Gasteiger charge is 2.28. The molecule has 1 aliphatic heterocycles. The number of hydrogen-bond donors (Lipinski definition) is 0. The molecular weight excluding hydrogens is 364 g/mol. The lowest BCUT2D eigenvalue weighted by Crippen LogP contribution is -2.38. The molecule has 0 spiro atoms. The van der Waals surface area contributed by atoms with Gasteiger partial charge in [-0.05, 0) is 57.2 Å². The van der Waals surface area contributed by atoms with Crippen molar-refractivity contribution in [1.29, 1.82) is 0 Å². The van der Waals surface area contributed by atoms with Gasteiger partial charge in [0.25, 0.3) is 5.91 Å². The van der Waals surface area contributed by atoms with E-state index in [1.165, 1.54) is 0 Å². The van der Waals surface area contributed by atoms with Crippen molar-refractivity contribution < 1.29 is 13.2 Å². The number of piperidine rings is 1. The Morgan fingerprint density at radius 1 is 1.22 bits per heavy atom. The average Bonchev–Trinajstić information content (AvgIpc) is 3.12. The molecule has 0 atom stereocenters. The molecule has 148 valence electrons. The quantitative estimate of drug-likeness (QED) is 0.756. The number of sulfonamides is 1. The lowest BCUT2D eigenvalue weighted by Gasteiger charge is -2.31. The third-order valence-electron chi connectivity index (χ3n) is 5.51. The van der Waals surface area contributed by atoms with E-state index in [0.29, 0.717) is 37.7 Å². The Bertz CT molecular complexity index is 910. The van der Waals surface area contributed by atoms with Crippen molar-refractivity contribution in [3.8, 4) is 0 Å². The summed E-state index contributed by atoms with van der Waals surface area (Å²) >= 11 is 0. The smallest absolute Gasteiger partial charge is 0.257 e. The van der Waals surface area contributed by atoms with E-state index in [0.717, 1.165) is 23.9 Å². The van der Waals surface area contributed by atoms with E-state index in [4.69, 9.17) is 0 Å². The molecule has 0 radical (unpaired) electrons. The van der Waals surface area contributed by atoms with Gasteiger partial charge in [-0.15, -0.1) is 0 Å². The molecule has 1 aliphatic rings. The Morgan fingerprint density at radius 3 is 2.48 bits per heavy atom. The summed E-state index contributed by atoms with van der Waals surface area (Å²) in [4.78, 5) is 14.5. The fourth-order valence-electron chi connectivity index (χ4n) is 3.75. The van der Waals surface area contributed by atoms with Crippen LogP contribution in [0.3, 0.4) is 0 Å². The minimum atomic E-state index is -3.12. The number of amides is 1. The molecule has 0 bridgehead atoms. The molecule has 1 amide bonds. The molecule has 0 aliphatic carbocycles. The summed E-state index contributed by atoms with van der Waals surface area (Å²) < 4.78 is 27.4. The largest absolute Gasteiger partial charge is 0.339 e. The highest BCUT2D eigenvalue weighted by molar-refractivity contribution is 7.89. The van der Waals surface area contributed by atoms with E-state index in [1.54, 1.807) is 26.8 Å². The van der Waals surface area contributed by atoms with Crippen LogP contribution < -0.4 is 0 Å². The molecule has 27 heavy (non-hydrogen) atoms. The van der Waals surface area contributed by atoms with Crippen LogP contribution in [0, 0.1) is 0 Å². The van der Waals surface area contributed by atoms with E-state index in [-0.39, 0.29) is 11.7 Å². The predicted octanol–water partition coefficient (Wildman–Crippen LogP) is 2.35. The average molecular weight is 393 g/mol. The van der Waals surface area contributed by atoms with Gasteiger partial charge < -0.3 is 4.90 Å². The topological polar surface area (TPSA) is 75.0 Å². The van der Waals surface area contributed by atoms with Crippen molar-refractivity contribution >= 4 is 21.4 Å². The molecule has 1 saturated heterocycles. The number of hydrogen-bond acceptors (Lipinski definition) is 4. The van der Waals surface area contributed by atoms with Crippen LogP contribution in [-0.2, 0) is 10.0 Å². The van der Waals surface area contributed by atoms with Gasteiger partial charge in [-0.3, -0.25) is 4.79 Å². The summed E-state index contributed by atoms with van der Waals surface area (Å²) in [6, 6.07) is 4.07. The van der Waals surface area contributed by atoms with E-state index < -0.39 is 10.0 Å². The van der Waals surface area contributed by atoms with Gasteiger partial charge in [-0.1, -0.05) is 0 Å². The van der Waals surface area contributed by atoms with Crippen LogP contribution in [0.1, 0.15) is 55.5 Å². The lowest BCUT2D eigenvalue weighted by molar-refractivity contribution is 0.0775. The van der Waals surface area contributed by atoms with Gasteiger partial charge in [0.15, 0.2) is 0 Å². The van der Waals surface area contributed by atoms with E-state index in [2.05, 4.69) is 5.10 Å². The molecule has 0 N–H and O–H groups in total. The number of pyridine rings is 1. The third kappa shape index (κ3) is 3.87. The Labute approximate surface area is 161 Å². The molecule has 2 aromatic rings. The summed E-state index contributed by atoms with van der Waals surface area (Å²) in [6.45, 7) is 8.05. The first-order valence-electron chi connectivity index (χ1n) is 9.65. The van der Waals surface area contributed by atoms with Crippen molar-refractivity contribution in [3.63, 3.8) is 0 Å². The molecule has 2 aromatic heterocycles. The normalized spacial score (nSPS) is 16.7. The molecule has 8 heteroatoms. The number of carbonyl (C=O) groups excluding carboxylic acids is 1. The SMILES string of the molecule is CCN(CC)C(=O)c1cnn2ccc(C3CCN(S(=O)(=O)CC)CC3)cc12. The Hall–Kier alpha value is -1.93. The highest BCUT2D eigenvalue weighted by Crippen LogP contribution is 2.30. The fraction of sp³-hybridized carbons (Fsp3) is 0.579. The maximum absolute atomic E-state index is 12.8. The summed E-state index contributed by atoms with van der Waals surface area (Å²) in [5.41, 5.74) is 2.57. The third-order valence-corrected chi connectivity index (χ3v) is 7.39. The molecule has 3 rings (SSSR count). The number of aromatic nitrogens is 2. The van der Waals surface area contributed by atoms with Crippen molar-refractivity contribution in [2.75, 3.05) is 31.9 Å². The first-order valence-corrected chi connectivity index (χ1v) is 11.3. The highest BCUT2D eigenvalue weighted by atomic mass is 32.2. The minimum absolute atomic E-state index is 0.00370. The van der Waals surface area contributed by atoms with Crippen molar-refractivity contribution in [2.24, 2.45) is 0 Å². The maximum Gasteiger partial charge on any atom is 0.257 e. The summed E-state index contributed by atoms with van der Waals surface area (Å²) in [7, 11) is -3.12. The Balaban J connectivity index is 1.83. The summed E-state index contributed by atoms with van der Waals surface area (Å²) in [5.74, 6) is 0.441. The van der Waals surface area contributed by atoms with E-state index in [1.807, 2.05) is 32.2 Å². The van der Waals surface area contributed by atoms with Gasteiger partial charge in [-0.25, -0.2) is 17.2 Å². The zero-order valence-corrected chi connectivity index (χ0v) is 17.1. The molecule has 0 aromatic carbocycles. The lowest BCUT2D eigenvalue weighted by atomic mass is 9.90. The monoisotopic (exact) mass is 392 g/mol. The van der Waals surface area contributed by atoms with Crippen LogP contribution in [0.15, 0.2) is 24.5 Å². The summed E-state index contributed by atoms with van der Waals surface area (Å²) in [5, 5.41) is 4.31. The van der Waals surface area contributed by atoms with Crippen LogP contribution in [0.25, 0.3) is 5.52 Å². The number of rotatable bonds is 6. The first-order chi connectivity index (χ1) is 12.9. The predicted molar refractivity (Wildman–Crippen MR) is 105 cm³/mol. The van der Waals surface area contributed by atoms with Crippen LogP contribution in [0.2, 0.25) is 0 Å². The molecule has 7 nitrogen and oxygen atoms in total. The zero-order valence-electron chi connectivity index (χ0n) is 16.3. The second kappa shape index (κ2) is 7.98. The second-order valence-corrected chi connectivity index (χ2v) is 9.16. The zero-order chi connectivity index (χ0) is 19.6. The Kier molecular flexibility index (Phi) is 5.86. The number of carbonyl (C=O) groups is 1. The molecule has 3 heterocycles. The van der Waals surface area contributed by atoms with Crippen molar-refractivity contribution in [3.05, 3.63) is 35.7 Å². The van der Waals surface area contributed by atoms with Gasteiger partial charge in [0.1, 0.15) is 0 Å². The van der Waals surface area contributed by atoms with Gasteiger partial charge in [0, 0.05) is 32.4 Å². The van der Waals surface area contributed by atoms with Gasteiger partial charge >= 0.3 is 0 Å². The van der Waals surface area contributed by atoms with Crippen molar-refractivity contribution in [1.82, 2.24) is 18.8 Å². The van der Waals surface area contributed by atoms with Crippen LogP contribution in [0.4, 0.5) is 0 Å². The molecular formula is C19H28N4O3S. The molecule has 1 fully saturated rings. The van der Waals surface area contributed by atoms with Gasteiger partial charge in [-0.2, -0.15) is 5.10 Å². The minimum Gasteiger partial charge on any atom is -0.339 e. The van der Waals surface area contributed by atoms with E-state index in [9.17, 15) is 13.2 Å². The Morgan fingerprint density at radius 2 is 1.89 bits per heavy atom. The molecule has 0 unspecified atom stereocenters. The fourth-order valence-corrected chi connectivity index (χ4v) is 4.88. The number of fused-ring (bicyclic) bond motifs is 1. The number of nitrogens with zero attached hydrogens (tertiary/aromatic N) is 4. The van der Waals surface area contributed by atoms with Crippen LogP contribution in [-0.4, -0.2) is 65.1 Å². The second-order valence-electron chi connectivity index (χ2n) is 6.90. The van der Waals surface area contributed by atoms with E-state index >= 15 is 0 Å². The van der Waals surface area contributed by atoms with Crippen LogP contribution in [0.5, 0.6) is 0 Å². The summed E-state index contributed by atoms with van der Waals surface area (Å²) in [6.07, 6.45) is 5.11. The van der Waals surface area contributed by atoms with Crippen molar-refractivity contribution in [2.45, 2.75) is 39.5 Å². The van der Waals surface area contributed by atoms with Gasteiger partial charge in [0.2, 0.25) is 10.0 Å². The first kappa shape index (κ1) is 19.8. The maximum atomic E-state index is 12.8. The molecule has 0 saturated carbocycles. The standard InChI is InChI=1S/C19H28N4O3S/c1-4-21(5-2)19(24)17-14-20-23-12-9-16(13-18(17)23)15-7-10-22(11-8-15)27(25,26)6-3/h9,12-15H,4-8,10-11H2,1-3H3. The van der Waals surface area contributed by atoms with Gasteiger partial charge in [0.05, 0.1) is 23.0 Å².